The van der Waals surface area contributed by atoms with Crippen LogP contribution in [-0.2, 0) is 20.8 Å². The maximum Gasteiger partial charge on any atom is 0.234 e. The number of rotatable bonds is 1. The number of ether oxygens (including phenoxy) is 2. The molecule has 3 heterocycles. The first-order valence-electron chi connectivity index (χ1n) is 13.7. The fourth-order valence-corrected chi connectivity index (χ4v) is 6.36. The van der Waals surface area contributed by atoms with Gasteiger partial charge in [0.2, 0.25) is 5.91 Å². The highest BCUT2D eigenvalue weighted by Gasteiger charge is 2.37. The maximum absolute atomic E-state index is 12.2. The van der Waals surface area contributed by atoms with Crippen LogP contribution in [0.2, 0.25) is 0 Å². The molecule has 1 aliphatic carbocycles. The zero-order valence-corrected chi connectivity index (χ0v) is 21.0. The van der Waals surface area contributed by atoms with Gasteiger partial charge in [-0.2, -0.15) is 0 Å². The van der Waals surface area contributed by atoms with Crippen molar-refractivity contribution in [1.29, 1.82) is 0 Å². The number of primary amides is 1. The fraction of sp³-hybridized carbons (Fsp3) is 0.679. The Morgan fingerprint density at radius 1 is 1.03 bits per heavy atom. The van der Waals surface area contributed by atoms with E-state index in [0.717, 1.165) is 38.5 Å². The van der Waals surface area contributed by atoms with Gasteiger partial charge in [0.15, 0.2) is 5.88 Å². The van der Waals surface area contributed by atoms with Gasteiger partial charge in [0.1, 0.15) is 6.10 Å². The summed E-state index contributed by atoms with van der Waals surface area (Å²) in [7, 11) is 0. The third-order valence-corrected chi connectivity index (χ3v) is 8.31. The highest BCUT2D eigenvalue weighted by molar-refractivity contribution is 5.80. The molecule has 0 spiro atoms. The van der Waals surface area contributed by atoms with Crippen LogP contribution in [0.4, 0.5) is 0 Å². The van der Waals surface area contributed by atoms with Crippen molar-refractivity contribution >= 4 is 12.0 Å². The molecule has 0 radical (unpaired) electrons. The lowest BCUT2D eigenvalue weighted by Crippen LogP contribution is -2.43. The van der Waals surface area contributed by atoms with Crippen molar-refractivity contribution in [2.45, 2.75) is 82.6 Å². The molecule has 2 saturated heterocycles. The molecule has 5 rings (SSSR count). The van der Waals surface area contributed by atoms with Gasteiger partial charge in [-0.3, -0.25) is 15.0 Å². The number of hydrogen-bond donors (Lipinski definition) is 2. The maximum atomic E-state index is 12.2. The molecule has 5 atom stereocenters. The number of fused-ring (bicyclic) bond motifs is 5. The van der Waals surface area contributed by atoms with E-state index in [1.54, 1.807) is 0 Å². The van der Waals surface area contributed by atoms with E-state index in [9.17, 15) is 4.79 Å². The summed E-state index contributed by atoms with van der Waals surface area (Å²) in [5.41, 5.74) is 8.36. The van der Waals surface area contributed by atoms with Crippen LogP contribution >= 0.6 is 0 Å². The van der Waals surface area contributed by atoms with Crippen LogP contribution in [0.1, 0.15) is 68.9 Å². The topological polar surface area (TPSA) is 80.1 Å². The highest BCUT2D eigenvalue weighted by atomic mass is 16.5. The number of nitrogens with zero attached hydrogens (tertiary/aromatic N) is 2. The van der Waals surface area contributed by atoms with Crippen molar-refractivity contribution in [3.63, 3.8) is 0 Å². The summed E-state index contributed by atoms with van der Waals surface area (Å²) >= 11 is 0. The Hall–Kier alpha value is -2.09. The van der Waals surface area contributed by atoms with Gasteiger partial charge in [0, 0.05) is 45.2 Å². The molecule has 1 aromatic rings. The molecule has 0 aromatic heterocycles. The van der Waals surface area contributed by atoms with Crippen LogP contribution < -0.4 is 11.1 Å². The van der Waals surface area contributed by atoms with Crippen molar-refractivity contribution in [2.24, 2.45) is 11.7 Å². The number of benzene rings is 1. The Kier molecular flexibility index (Phi) is 8.27. The largest absolute Gasteiger partial charge is 0.474 e. The average molecular weight is 483 g/mol. The molecule has 35 heavy (non-hydrogen) atoms. The average Bonchev–Trinajstić information content (AvgIpc) is 3.47. The molecule has 1 saturated carbocycles. The summed E-state index contributed by atoms with van der Waals surface area (Å²) in [5.74, 6) is 1.39. The van der Waals surface area contributed by atoms with Crippen molar-refractivity contribution < 1.29 is 14.3 Å². The monoisotopic (exact) mass is 482 g/mol. The van der Waals surface area contributed by atoms with Gasteiger partial charge in [0.05, 0.1) is 18.9 Å². The van der Waals surface area contributed by atoms with Gasteiger partial charge in [-0.15, -0.1) is 0 Å². The van der Waals surface area contributed by atoms with Crippen molar-refractivity contribution in [3.8, 4) is 0 Å². The lowest BCUT2D eigenvalue weighted by molar-refractivity contribution is -0.122. The Bertz CT molecular complexity index is 891. The lowest BCUT2D eigenvalue weighted by atomic mass is 9.97. The van der Waals surface area contributed by atoms with Crippen molar-refractivity contribution in [1.82, 2.24) is 15.1 Å². The van der Waals surface area contributed by atoms with E-state index in [1.165, 1.54) is 56.1 Å². The quantitative estimate of drug-likeness (QED) is 0.638. The van der Waals surface area contributed by atoms with Gasteiger partial charge in [-0.1, -0.05) is 49.9 Å². The second-order valence-electron chi connectivity index (χ2n) is 10.7. The number of carbonyl (C=O) groups excluding carboxylic acids is 1. The molecule has 1 amide bonds. The van der Waals surface area contributed by atoms with Crippen LogP contribution in [0.5, 0.6) is 0 Å². The van der Waals surface area contributed by atoms with Crippen LogP contribution in [-0.4, -0.2) is 66.9 Å². The minimum atomic E-state index is -0.280. The van der Waals surface area contributed by atoms with Gasteiger partial charge in [-0.05, 0) is 42.7 Å². The second kappa shape index (κ2) is 11.8. The molecule has 4 aliphatic rings. The third kappa shape index (κ3) is 6.19. The van der Waals surface area contributed by atoms with E-state index in [-0.39, 0.29) is 18.1 Å². The number of carbonyl (C=O) groups is 1. The molecular weight excluding hydrogens is 440 g/mol. The minimum absolute atomic E-state index is 0.0379. The molecule has 5 unspecified atom stereocenters. The minimum Gasteiger partial charge on any atom is -0.474 e. The molecule has 7 nitrogen and oxygen atoms in total. The van der Waals surface area contributed by atoms with Gasteiger partial charge >= 0.3 is 0 Å². The van der Waals surface area contributed by atoms with E-state index < -0.39 is 0 Å². The third-order valence-electron chi connectivity index (χ3n) is 8.31. The molecule has 3 fully saturated rings. The first kappa shape index (κ1) is 24.6. The molecule has 192 valence electrons. The van der Waals surface area contributed by atoms with Gasteiger partial charge in [0.25, 0.3) is 0 Å². The van der Waals surface area contributed by atoms with E-state index in [4.69, 9.17) is 15.2 Å². The smallest absolute Gasteiger partial charge is 0.234 e. The first-order chi connectivity index (χ1) is 17.2. The van der Waals surface area contributed by atoms with Gasteiger partial charge < -0.3 is 20.1 Å². The summed E-state index contributed by atoms with van der Waals surface area (Å²) in [5, 5.41) is 3.43. The summed E-state index contributed by atoms with van der Waals surface area (Å²) in [6.07, 6.45) is 13.2. The number of nitrogens with one attached hydrogen (secondary N) is 1. The molecule has 3 N–H and O–H groups in total. The normalized spacial score (nSPS) is 32.6. The molecule has 2 bridgehead atoms. The van der Waals surface area contributed by atoms with Crippen molar-refractivity contribution in [3.05, 3.63) is 41.3 Å². The summed E-state index contributed by atoms with van der Waals surface area (Å²) in [6.45, 7) is 4.70. The molecule has 7 heteroatoms. The SMILES string of the molecule is NC(=O)C1CC2CN1CCNCOC1CCCC1CCCCCCN1Cc3ccccc3C=C1O2. The van der Waals surface area contributed by atoms with Crippen molar-refractivity contribution in [2.75, 3.05) is 32.9 Å². The number of hydrogen-bond acceptors (Lipinski definition) is 6. The lowest BCUT2D eigenvalue weighted by Gasteiger charge is -2.33. The number of nitrogens with two attached hydrogens (primary N) is 1. The number of amides is 1. The predicted molar refractivity (Wildman–Crippen MR) is 137 cm³/mol. The van der Waals surface area contributed by atoms with Crippen LogP contribution in [0.15, 0.2) is 30.1 Å². The standard InChI is InChI=1S/C28H42N4O3/c29-28(33)25-17-24-19-31(25)15-13-30-20-34-26-12-7-11-21(26)8-3-1-2-6-14-32-18-23-10-5-4-9-22(23)16-27(32)35-24/h4-5,9-10,16,21,24-26,30H,1-3,6-8,11-15,17-20H2,(H2,29,33). The molecular formula is C28H42N4O3. The second-order valence-corrected chi connectivity index (χ2v) is 10.7. The summed E-state index contributed by atoms with van der Waals surface area (Å²) in [4.78, 5) is 16.8. The van der Waals surface area contributed by atoms with Gasteiger partial charge in [-0.25, -0.2) is 0 Å². The van der Waals surface area contributed by atoms with E-state index in [1.807, 2.05) is 0 Å². The van der Waals surface area contributed by atoms with E-state index >= 15 is 0 Å². The summed E-state index contributed by atoms with van der Waals surface area (Å²) < 4.78 is 12.8. The Balaban J connectivity index is 1.29. The van der Waals surface area contributed by atoms with E-state index in [2.05, 4.69) is 45.5 Å². The Morgan fingerprint density at radius 2 is 1.89 bits per heavy atom. The Morgan fingerprint density at radius 3 is 2.80 bits per heavy atom. The van der Waals surface area contributed by atoms with Crippen LogP contribution in [0.25, 0.3) is 6.08 Å². The fourth-order valence-electron chi connectivity index (χ4n) is 6.36. The van der Waals surface area contributed by atoms with Crippen LogP contribution in [0.3, 0.4) is 0 Å². The predicted octanol–water partition coefficient (Wildman–Crippen LogP) is 3.44. The van der Waals surface area contributed by atoms with E-state index in [0.29, 0.717) is 31.7 Å². The first-order valence-corrected chi connectivity index (χ1v) is 13.7. The molecule has 1 aromatic carbocycles. The summed E-state index contributed by atoms with van der Waals surface area (Å²) in [6, 6.07) is 8.29. The molecule has 3 aliphatic heterocycles. The highest BCUT2D eigenvalue weighted by Crippen LogP contribution is 2.33. The van der Waals surface area contributed by atoms with Crippen LogP contribution in [0, 0.1) is 5.92 Å². The Labute approximate surface area is 210 Å². The zero-order valence-electron chi connectivity index (χ0n) is 21.0. The zero-order chi connectivity index (χ0) is 24.0.